The SMILES string of the molecule is N#C[C@@H]1CC(C(=O)CNF)(C(=O)CNF)CN1. The second kappa shape index (κ2) is 5.77. The van der Waals surface area contributed by atoms with Crippen LogP contribution in [0.1, 0.15) is 6.42 Å². The standard InChI is InChI=1S/C9H12F2N4O2/c10-14-3-7(16)9(8(17)4-15-11)1-6(2-12)13-5-9/h6,13-15H,1,3-5H2/t6-/m0/s1. The Bertz CT molecular complexity index is 337. The van der Waals surface area contributed by atoms with Crippen LogP contribution >= 0.6 is 0 Å². The normalized spacial score (nSPS) is 22.1. The molecule has 6 nitrogen and oxygen atoms in total. The zero-order valence-corrected chi connectivity index (χ0v) is 8.93. The molecule has 1 atom stereocenters. The van der Waals surface area contributed by atoms with Gasteiger partial charge in [-0.25, -0.2) is 0 Å². The fourth-order valence-corrected chi connectivity index (χ4v) is 1.92. The third-order valence-corrected chi connectivity index (χ3v) is 2.88. The fraction of sp³-hybridized carbons (Fsp3) is 0.667. The molecule has 0 radical (unpaired) electrons. The molecule has 0 aromatic rings. The molecule has 0 amide bonds. The first kappa shape index (κ1) is 13.6. The van der Waals surface area contributed by atoms with E-state index in [2.05, 4.69) is 5.32 Å². The van der Waals surface area contributed by atoms with Gasteiger partial charge in [-0.2, -0.15) is 16.3 Å². The van der Waals surface area contributed by atoms with Crippen molar-refractivity contribution in [1.82, 2.24) is 16.4 Å². The second-order valence-electron chi connectivity index (χ2n) is 3.82. The number of nitrogens with one attached hydrogen (secondary N) is 3. The van der Waals surface area contributed by atoms with Gasteiger partial charge in [0, 0.05) is 6.54 Å². The molecule has 94 valence electrons. The number of rotatable bonds is 6. The summed E-state index contributed by atoms with van der Waals surface area (Å²) in [6.07, 6.45) is -0.0650. The van der Waals surface area contributed by atoms with Crippen LogP contribution in [0.3, 0.4) is 0 Å². The lowest BCUT2D eigenvalue weighted by atomic mass is 9.77. The van der Waals surface area contributed by atoms with Crippen molar-refractivity contribution < 1.29 is 18.6 Å². The van der Waals surface area contributed by atoms with Gasteiger partial charge in [0.2, 0.25) is 0 Å². The van der Waals surface area contributed by atoms with Crippen LogP contribution < -0.4 is 16.4 Å². The number of Topliss-reactive ketones (excluding diaryl/α,β-unsaturated/α-hetero) is 2. The molecule has 1 rings (SSSR count). The van der Waals surface area contributed by atoms with E-state index in [9.17, 15) is 18.6 Å². The van der Waals surface area contributed by atoms with E-state index in [0.29, 0.717) is 0 Å². The average Bonchev–Trinajstić information content (AvgIpc) is 2.75. The van der Waals surface area contributed by atoms with E-state index >= 15 is 0 Å². The number of hydrogen-bond donors (Lipinski definition) is 3. The van der Waals surface area contributed by atoms with Gasteiger partial charge in [0.15, 0.2) is 11.6 Å². The molecule has 0 saturated carbocycles. The van der Waals surface area contributed by atoms with E-state index in [1.54, 1.807) is 0 Å². The van der Waals surface area contributed by atoms with Crippen molar-refractivity contribution in [1.29, 1.82) is 5.26 Å². The van der Waals surface area contributed by atoms with Crippen LogP contribution in [0.4, 0.5) is 8.96 Å². The van der Waals surface area contributed by atoms with Crippen molar-refractivity contribution in [3.05, 3.63) is 0 Å². The maximum absolute atomic E-state index is 11.9. The minimum Gasteiger partial charge on any atom is -0.300 e. The average molecular weight is 246 g/mol. The quantitative estimate of drug-likeness (QED) is 0.409. The summed E-state index contributed by atoms with van der Waals surface area (Å²) in [5, 5.41) is 11.4. The summed E-state index contributed by atoms with van der Waals surface area (Å²) in [4.78, 5) is 23.4. The minimum atomic E-state index is -1.53. The molecule has 3 N–H and O–H groups in total. The highest BCUT2D eigenvalue weighted by Gasteiger charge is 2.50. The van der Waals surface area contributed by atoms with E-state index in [1.807, 2.05) is 6.07 Å². The molecule has 0 spiro atoms. The zero-order valence-electron chi connectivity index (χ0n) is 8.93. The molecular formula is C9H12F2N4O2. The Balaban J connectivity index is 2.91. The summed E-state index contributed by atoms with van der Waals surface area (Å²) >= 11 is 0. The second-order valence-corrected chi connectivity index (χ2v) is 3.82. The summed E-state index contributed by atoms with van der Waals surface area (Å²) < 4.78 is 23.9. The molecule has 1 aliphatic rings. The number of carbonyl (C=O) groups excluding carboxylic acids is 2. The summed E-state index contributed by atoms with van der Waals surface area (Å²) in [5.41, 5.74) is 0.816. The van der Waals surface area contributed by atoms with Gasteiger partial charge in [-0.1, -0.05) is 0 Å². The van der Waals surface area contributed by atoms with Crippen LogP contribution in [0, 0.1) is 16.7 Å². The Morgan fingerprint density at radius 3 is 2.24 bits per heavy atom. The largest absolute Gasteiger partial charge is 0.300 e. The topological polar surface area (TPSA) is 94.0 Å². The lowest BCUT2D eigenvalue weighted by molar-refractivity contribution is -0.139. The highest BCUT2D eigenvalue weighted by molar-refractivity contribution is 6.09. The number of hydrogen-bond acceptors (Lipinski definition) is 6. The molecule has 1 fully saturated rings. The first-order valence-corrected chi connectivity index (χ1v) is 4.97. The van der Waals surface area contributed by atoms with Gasteiger partial charge >= 0.3 is 0 Å². The van der Waals surface area contributed by atoms with Crippen molar-refractivity contribution in [2.24, 2.45) is 5.41 Å². The number of nitriles is 1. The van der Waals surface area contributed by atoms with Crippen LogP contribution in [0.25, 0.3) is 0 Å². The molecule has 0 bridgehead atoms. The zero-order chi connectivity index (χ0) is 12.9. The van der Waals surface area contributed by atoms with Gasteiger partial charge in [-0.3, -0.25) is 9.59 Å². The van der Waals surface area contributed by atoms with E-state index < -0.39 is 36.1 Å². The summed E-state index contributed by atoms with van der Waals surface area (Å²) in [6, 6.07) is 1.20. The maximum Gasteiger partial charge on any atom is 0.164 e. The maximum atomic E-state index is 11.9. The summed E-state index contributed by atoms with van der Waals surface area (Å²) in [5.74, 6) is -1.38. The van der Waals surface area contributed by atoms with Gasteiger partial charge in [0.05, 0.1) is 25.2 Å². The minimum absolute atomic E-state index is 0.0650. The number of ketones is 2. The summed E-state index contributed by atoms with van der Waals surface area (Å²) in [7, 11) is 0. The molecule has 8 heteroatoms. The monoisotopic (exact) mass is 246 g/mol. The predicted molar refractivity (Wildman–Crippen MR) is 52.7 cm³/mol. The van der Waals surface area contributed by atoms with Crippen LogP contribution in [0.5, 0.6) is 0 Å². The predicted octanol–water partition coefficient (Wildman–Crippen LogP) is -1.06. The Morgan fingerprint density at radius 2 is 1.88 bits per heavy atom. The smallest absolute Gasteiger partial charge is 0.164 e. The van der Waals surface area contributed by atoms with Gasteiger partial charge in [-0.15, -0.1) is 8.96 Å². The van der Waals surface area contributed by atoms with Crippen LogP contribution in [-0.2, 0) is 9.59 Å². The van der Waals surface area contributed by atoms with Gasteiger partial charge in [-0.05, 0) is 6.42 Å². The molecule has 17 heavy (non-hydrogen) atoms. The lowest BCUT2D eigenvalue weighted by Crippen LogP contribution is -2.47. The highest BCUT2D eigenvalue weighted by Crippen LogP contribution is 2.31. The highest BCUT2D eigenvalue weighted by atomic mass is 19.2. The Labute approximate surface area is 96.2 Å². The molecule has 1 heterocycles. The number of nitrogens with zero attached hydrogens (tertiary/aromatic N) is 1. The molecular weight excluding hydrogens is 234 g/mol. The van der Waals surface area contributed by atoms with Gasteiger partial charge in [0.25, 0.3) is 0 Å². The molecule has 1 aliphatic heterocycles. The Morgan fingerprint density at radius 1 is 1.35 bits per heavy atom. The third kappa shape index (κ3) is 2.63. The molecule has 0 aromatic carbocycles. The van der Waals surface area contributed by atoms with Crippen molar-refractivity contribution >= 4 is 11.6 Å². The lowest BCUT2D eigenvalue weighted by Gasteiger charge is -2.23. The number of halogens is 2. The third-order valence-electron chi connectivity index (χ3n) is 2.88. The first-order chi connectivity index (χ1) is 8.10. The Kier molecular flexibility index (Phi) is 4.62. The number of carbonyl (C=O) groups is 2. The van der Waals surface area contributed by atoms with Crippen molar-refractivity contribution in [2.75, 3.05) is 19.6 Å². The molecule has 0 aromatic heterocycles. The van der Waals surface area contributed by atoms with E-state index in [1.165, 1.54) is 11.1 Å². The van der Waals surface area contributed by atoms with Crippen LogP contribution in [-0.4, -0.2) is 37.2 Å². The molecule has 0 unspecified atom stereocenters. The summed E-state index contributed by atoms with van der Waals surface area (Å²) in [6.45, 7) is -1.36. The van der Waals surface area contributed by atoms with E-state index in [0.717, 1.165) is 0 Å². The first-order valence-electron chi connectivity index (χ1n) is 4.97. The van der Waals surface area contributed by atoms with Crippen LogP contribution in [0.15, 0.2) is 0 Å². The fourth-order valence-electron chi connectivity index (χ4n) is 1.92. The van der Waals surface area contributed by atoms with Crippen molar-refractivity contribution in [3.8, 4) is 6.07 Å². The van der Waals surface area contributed by atoms with E-state index in [4.69, 9.17) is 5.26 Å². The van der Waals surface area contributed by atoms with Crippen molar-refractivity contribution in [3.63, 3.8) is 0 Å². The van der Waals surface area contributed by atoms with Crippen LogP contribution in [0.2, 0.25) is 0 Å². The van der Waals surface area contributed by atoms with E-state index in [-0.39, 0.29) is 13.0 Å². The molecule has 1 saturated heterocycles. The van der Waals surface area contributed by atoms with Gasteiger partial charge < -0.3 is 5.32 Å². The Hall–Kier alpha value is -1.43. The van der Waals surface area contributed by atoms with Crippen molar-refractivity contribution in [2.45, 2.75) is 12.5 Å². The molecule has 0 aliphatic carbocycles. The van der Waals surface area contributed by atoms with Gasteiger partial charge in [0.1, 0.15) is 5.41 Å².